The summed E-state index contributed by atoms with van der Waals surface area (Å²) in [6, 6.07) is 10.1. The van der Waals surface area contributed by atoms with Crippen molar-refractivity contribution in [1.82, 2.24) is 5.32 Å². The second-order valence-corrected chi connectivity index (χ2v) is 6.38. The third kappa shape index (κ3) is 5.32. The van der Waals surface area contributed by atoms with Gasteiger partial charge in [-0.25, -0.2) is 4.79 Å². The number of rotatable bonds is 5. The van der Waals surface area contributed by atoms with Crippen LogP contribution in [0.2, 0.25) is 0 Å². The van der Waals surface area contributed by atoms with E-state index in [2.05, 4.69) is 26.0 Å². The van der Waals surface area contributed by atoms with Gasteiger partial charge in [0.2, 0.25) is 0 Å². The summed E-state index contributed by atoms with van der Waals surface area (Å²) in [5, 5.41) is 2.43. The molecule has 1 amide bonds. The standard InChI is InChI=1S/C18H15BrF3NO3/c1-26-17(25)15(9-11-4-2-7-14(19)8-11)23-16(24)12-5-3-6-13(10-12)18(20,21)22/h2-8,10,15H,9H2,1H3,(H,23,24)/t15-/m1/s1. The smallest absolute Gasteiger partial charge is 0.416 e. The highest BCUT2D eigenvalue weighted by Gasteiger charge is 2.31. The van der Waals surface area contributed by atoms with Crippen molar-refractivity contribution in [3.8, 4) is 0 Å². The summed E-state index contributed by atoms with van der Waals surface area (Å²) in [6.07, 6.45) is -4.43. The highest BCUT2D eigenvalue weighted by molar-refractivity contribution is 9.10. The quantitative estimate of drug-likeness (QED) is 0.731. The average Bonchev–Trinajstić information content (AvgIpc) is 2.60. The summed E-state index contributed by atoms with van der Waals surface area (Å²) >= 11 is 3.31. The van der Waals surface area contributed by atoms with Crippen LogP contribution in [-0.4, -0.2) is 25.0 Å². The molecule has 0 aromatic heterocycles. The Morgan fingerprint density at radius 2 is 1.85 bits per heavy atom. The number of carbonyl (C=O) groups is 2. The molecule has 2 aromatic rings. The van der Waals surface area contributed by atoms with Crippen molar-refractivity contribution < 1.29 is 27.5 Å². The van der Waals surface area contributed by atoms with E-state index in [0.29, 0.717) is 0 Å². The number of benzene rings is 2. The van der Waals surface area contributed by atoms with E-state index in [9.17, 15) is 22.8 Å². The molecule has 0 aliphatic rings. The first-order valence-corrected chi connectivity index (χ1v) is 8.30. The molecule has 2 aromatic carbocycles. The van der Waals surface area contributed by atoms with Gasteiger partial charge in [-0.2, -0.15) is 13.2 Å². The van der Waals surface area contributed by atoms with Gasteiger partial charge in [-0.15, -0.1) is 0 Å². The van der Waals surface area contributed by atoms with E-state index in [1.165, 1.54) is 13.2 Å². The van der Waals surface area contributed by atoms with Gasteiger partial charge in [0.15, 0.2) is 0 Å². The average molecular weight is 430 g/mol. The molecule has 0 heterocycles. The molecular formula is C18H15BrF3NO3. The maximum atomic E-state index is 12.8. The van der Waals surface area contributed by atoms with Crippen molar-refractivity contribution >= 4 is 27.8 Å². The first-order chi connectivity index (χ1) is 12.2. The summed E-state index contributed by atoms with van der Waals surface area (Å²) in [7, 11) is 1.17. The third-order valence-corrected chi connectivity index (χ3v) is 4.07. The van der Waals surface area contributed by atoms with Crippen molar-refractivity contribution in [2.75, 3.05) is 7.11 Å². The van der Waals surface area contributed by atoms with Crippen molar-refractivity contribution in [3.63, 3.8) is 0 Å². The normalized spacial score (nSPS) is 12.3. The Morgan fingerprint density at radius 1 is 1.15 bits per heavy atom. The van der Waals surface area contributed by atoms with Gasteiger partial charge < -0.3 is 10.1 Å². The van der Waals surface area contributed by atoms with Gasteiger partial charge in [-0.1, -0.05) is 34.1 Å². The Kier molecular flexibility index (Phi) is 6.42. The molecule has 4 nitrogen and oxygen atoms in total. The van der Waals surface area contributed by atoms with Crippen LogP contribution in [0.25, 0.3) is 0 Å². The minimum Gasteiger partial charge on any atom is -0.467 e. The van der Waals surface area contributed by atoms with Crippen molar-refractivity contribution in [1.29, 1.82) is 0 Å². The van der Waals surface area contributed by atoms with E-state index in [-0.39, 0.29) is 12.0 Å². The number of halogens is 4. The van der Waals surface area contributed by atoms with Crippen LogP contribution in [0, 0.1) is 0 Å². The second kappa shape index (κ2) is 8.35. The summed E-state index contributed by atoms with van der Waals surface area (Å²) in [5.74, 6) is -1.48. The van der Waals surface area contributed by atoms with Gasteiger partial charge >= 0.3 is 12.1 Å². The van der Waals surface area contributed by atoms with Crippen LogP contribution in [0.15, 0.2) is 53.0 Å². The van der Waals surface area contributed by atoms with Crippen LogP contribution in [0.3, 0.4) is 0 Å². The summed E-state index contributed by atoms with van der Waals surface area (Å²) in [4.78, 5) is 24.3. The maximum absolute atomic E-state index is 12.8. The van der Waals surface area contributed by atoms with E-state index < -0.39 is 29.7 Å². The summed E-state index contributed by atoms with van der Waals surface area (Å²) in [5.41, 5.74) is -0.381. The fourth-order valence-electron chi connectivity index (χ4n) is 2.31. The number of carbonyl (C=O) groups excluding carboxylic acids is 2. The zero-order valence-corrected chi connectivity index (χ0v) is 15.2. The molecule has 0 aliphatic heterocycles. The lowest BCUT2D eigenvalue weighted by atomic mass is 10.0. The SMILES string of the molecule is COC(=O)[C@@H](Cc1cccc(Br)c1)NC(=O)c1cccc(C(F)(F)F)c1. The Bertz CT molecular complexity index is 808. The highest BCUT2D eigenvalue weighted by atomic mass is 79.9. The summed E-state index contributed by atoms with van der Waals surface area (Å²) in [6.45, 7) is 0. The van der Waals surface area contributed by atoms with Crippen molar-refractivity contribution in [2.45, 2.75) is 18.6 Å². The van der Waals surface area contributed by atoms with Gasteiger partial charge in [0.25, 0.3) is 5.91 Å². The highest BCUT2D eigenvalue weighted by Crippen LogP contribution is 2.29. The predicted molar refractivity (Wildman–Crippen MR) is 92.6 cm³/mol. The van der Waals surface area contributed by atoms with Gasteiger partial charge in [0.1, 0.15) is 6.04 Å². The molecule has 1 N–H and O–H groups in total. The lowest BCUT2D eigenvalue weighted by Gasteiger charge is -2.17. The second-order valence-electron chi connectivity index (χ2n) is 5.46. The number of esters is 1. The monoisotopic (exact) mass is 429 g/mol. The van der Waals surface area contributed by atoms with Crippen molar-refractivity contribution in [2.24, 2.45) is 0 Å². The zero-order chi connectivity index (χ0) is 19.3. The molecular weight excluding hydrogens is 415 g/mol. The van der Waals surface area contributed by atoms with Crippen LogP contribution in [0.4, 0.5) is 13.2 Å². The summed E-state index contributed by atoms with van der Waals surface area (Å²) < 4.78 is 43.9. The topological polar surface area (TPSA) is 55.4 Å². The van der Waals surface area contributed by atoms with Crippen LogP contribution < -0.4 is 5.32 Å². The molecule has 2 rings (SSSR count). The third-order valence-electron chi connectivity index (χ3n) is 3.57. The van der Waals surface area contributed by atoms with E-state index in [1.807, 2.05) is 0 Å². The number of hydrogen-bond acceptors (Lipinski definition) is 3. The largest absolute Gasteiger partial charge is 0.467 e. The van der Waals surface area contributed by atoms with E-state index in [4.69, 9.17) is 0 Å². The van der Waals surface area contributed by atoms with Gasteiger partial charge in [0.05, 0.1) is 12.7 Å². The fraction of sp³-hybridized carbons (Fsp3) is 0.222. The zero-order valence-electron chi connectivity index (χ0n) is 13.6. The molecule has 0 aliphatic carbocycles. The lowest BCUT2D eigenvalue weighted by Crippen LogP contribution is -2.43. The number of nitrogens with one attached hydrogen (secondary N) is 1. The lowest BCUT2D eigenvalue weighted by molar-refractivity contribution is -0.143. The Balaban J connectivity index is 2.20. The van der Waals surface area contributed by atoms with Crippen LogP contribution in [0.1, 0.15) is 21.5 Å². The number of amides is 1. The van der Waals surface area contributed by atoms with Gasteiger partial charge in [0, 0.05) is 16.5 Å². The molecule has 0 unspecified atom stereocenters. The van der Waals surface area contributed by atoms with Crippen molar-refractivity contribution in [3.05, 3.63) is 69.7 Å². The number of ether oxygens (including phenoxy) is 1. The number of hydrogen-bond donors (Lipinski definition) is 1. The van der Waals surface area contributed by atoms with Crippen LogP contribution in [-0.2, 0) is 22.1 Å². The van der Waals surface area contributed by atoms with Gasteiger partial charge in [-0.3, -0.25) is 4.79 Å². The molecule has 0 radical (unpaired) electrons. The van der Waals surface area contributed by atoms with E-state index in [1.54, 1.807) is 24.3 Å². The first-order valence-electron chi connectivity index (χ1n) is 7.51. The molecule has 26 heavy (non-hydrogen) atoms. The Morgan fingerprint density at radius 3 is 2.46 bits per heavy atom. The Labute approximate surface area is 156 Å². The minimum absolute atomic E-state index is 0.136. The van der Waals surface area contributed by atoms with E-state index in [0.717, 1.165) is 28.2 Å². The van der Waals surface area contributed by atoms with Crippen LogP contribution in [0.5, 0.6) is 0 Å². The maximum Gasteiger partial charge on any atom is 0.416 e. The molecule has 0 saturated carbocycles. The molecule has 0 fully saturated rings. The van der Waals surface area contributed by atoms with Gasteiger partial charge in [-0.05, 0) is 35.9 Å². The predicted octanol–water partition coefficient (Wildman–Crippen LogP) is 3.98. The van der Waals surface area contributed by atoms with Crippen LogP contribution >= 0.6 is 15.9 Å². The molecule has 138 valence electrons. The van der Waals surface area contributed by atoms with E-state index >= 15 is 0 Å². The molecule has 0 bridgehead atoms. The molecule has 0 saturated heterocycles. The molecule has 1 atom stereocenters. The minimum atomic E-state index is -4.56. The number of alkyl halides is 3. The first kappa shape index (κ1) is 20.0. The molecule has 8 heteroatoms. The number of methoxy groups -OCH3 is 1. The molecule has 0 spiro atoms. The fourth-order valence-corrected chi connectivity index (χ4v) is 2.76. The Hall–Kier alpha value is -2.35.